The fourth-order valence-corrected chi connectivity index (χ4v) is 0.815. The van der Waals surface area contributed by atoms with Crippen LogP contribution in [-0.2, 0) is 4.79 Å². The quantitative estimate of drug-likeness (QED) is 0.420. The number of carbonyl (C=O) groups excluding carboxylic acids is 1. The molecule has 0 aromatic rings. The van der Waals surface area contributed by atoms with Gasteiger partial charge in [0.25, 0.3) is 0 Å². The van der Waals surface area contributed by atoms with Crippen LogP contribution in [0, 0.1) is 0 Å². The highest BCUT2D eigenvalue weighted by Gasteiger charge is 2.31. The van der Waals surface area contributed by atoms with Crippen molar-refractivity contribution in [1.82, 2.24) is 9.80 Å². The van der Waals surface area contributed by atoms with E-state index in [-0.39, 0.29) is 12.5 Å². The van der Waals surface area contributed by atoms with Crippen LogP contribution in [0.4, 0.5) is 4.39 Å². The number of likely N-dealkylation sites (N-methyl/N-ethyl adjacent to an activating group) is 2. The second-order valence-electron chi connectivity index (χ2n) is 2.23. The van der Waals surface area contributed by atoms with E-state index in [1.54, 1.807) is 7.05 Å². The van der Waals surface area contributed by atoms with Crippen LogP contribution in [0.15, 0.2) is 0 Å². The highest BCUT2D eigenvalue weighted by Crippen LogP contribution is 2.10. The molecule has 3 nitrogen and oxygen atoms in total. The monoisotopic (exact) mass is 132 g/mol. The van der Waals surface area contributed by atoms with Gasteiger partial charge in [0.1, 0.15) is 0 Å². The summed E-state index contributed by atoms with van der Waals surface area (Å²) in [4.78, 5) is 13.1. The minimum atomic E-state index is -1.22. The van der Waals surface area contributed by atoms with Crippen molar-refractivity contribution < 1.29 is 9.18 Å². The van der Waals surface area contributed by atoms with Crippen molar-refractivity contribution in [2.75, 3.05) is 20.6 Å². The van der Waals surface area contributed by atoms with Gasteiger partial charge in [-0.05, 0) is 7.05 Å². The van der Waals surface area contributed by atoms with Gasteiger partial charge in [0.2, 0.25) is 12.3 Å². The highest BCUT2D eigenvalue weighted by atomic mass is 19.1. The smallest absolute Gasteiger partial charge is 0.239 e. The van der Waals surface area contributed by atoms with E-state index in [4.69, 9.17) is 0 Å². The molecule has 0 radical (unpaired) electrons. The fourth-order valence-electron chi connectivity index (χ4n) is 0.815. The molecule has 0 aromatic carbocycles. The first-order valence-corrected chi connectivity index (χ1v) is 2.73. The van der Waals surface area contributed by atoms with Gasteiger partial charge < -0.3 is 4.90 Å². The van der Waals surface area contributed by atoms with Crippen LogP contribution < -0.4 is 0 Å². The molecule has 0 aromatic heterocycles. The molecule has 1 saturated heterocycles. The SMILES string of the molecule is CN1CC(=O)N(C)C1F. The molecule has 1 heterocycles. The zero-order chi connectivity index (χ0) is 7.02. The van der Waals surface area contributed by atoms with Crippen molar-refractivity contribution in [2.45, 2.75) is 6.42 Å². The molecule has 0 bridgehead atoms. The molecular formula is C5H9FN2O. The van der Waals surface area contributed by atoms with E-state index in [0.717, 1.165) is 4.90 Å². The number of amides is 1. The maximum Gasteiger partial charge on any atom is 0.239 e. The topological polar surface area (TPSA) is 23.6 Å². The molecule has 0 saturated carbocycles. The predicted octanol–water partition coefficient (Wildman–Crippen LogP) is -0.357. The number of nitrogens with zero attached hydrogens (tertiary/aromatic N) is 2. The number of hydrogen-bond donors (Lipinski definition) is 0. The third-order valence-electron chi connectivity index (χ3n) is 1.46. The first-order valence-electron chi connectivity index (χ1n) is 2.73. The summed E-state index contributed by atoms with van der Waals surface area (Å²) in [5, 5.41) is 0. The summed E-state index contributed by atoms with van der Waals surface area (Å²) < 4.78 is 12.6. The lowest BCUT2D eigenvalue weighted by molar-refractivity contribution is -0.128. The van der Waals surface area contributed by atoms with Crippen LogP contribution in [0.25, 0.3) is 0 Å². The van der Waals surface area contributed by atoms with Crippen LogP contribution in [0.2, 0.25) is 0 Å². The van der Waals surface area contributed by atoms with E-state index in [1.807, 2.05) is 0 Å². The molecule has 1 aliphatic heterocycles. The molecule has 1 aliphatic rings. The average Bonchev–Trinajstić information content (AvgIpc) is 1.98. The molecule has 1 amide bonds. The zero-order valence-electron chi connectivity index (χ0n) is 5.47. The molecule has 1 atom stereocenters. The lowest BCUT2D eigenvalue weighted by atomic mass is 10.6. The molecule has 0 spiro atoms. The van der Waals surface area contributed by atoms with Crippen LogP contribution in [0.3, 0.4) is 0 Å². The number of alkyl halides is 1. The molecule has 0 aliphatic carbocycles. The molecule has 0 N–H and O–H groups in total. The minimum Gasteiger partial charge on any atom is -0.302 e. The fraction of sp³-hybridized carbons (Fsp3) is 0.800. The van der Waals surface area contributed by atoms with E-state index in [9.17, 15) is 9.18 Å². The standard InChI is InChI=1S/C5H9FN2O/c1-7-3-4(9)8(2)5(7)6/h5H,3H2,1-2H3. The van der Waals surface area contributed by atoms with Gasteiger partial charge >= 0.3 is 0 Å². The normalized spacial score (nSPS) is 29.9. The van der Waals surface area contributed by atoms with Crippen molar-refractivity contribution in [2.24, 2.45) is 0 Å². The van der Waals surface area contributed by atoms with Gasteiger partial charge in [-0.3, -0.25) is 9.69 Å². The Morgan fingerprint density at radius 3 is 2.33 bits per heavy atom. The summed E-state index contributed by atoms with van der Waals surface area (Å²) in [6.45, 7) is 0.192. The van der Waals surface area contributed by atoms with Crippen molar-refractivity contribution >= 4 is 5.91 Å². The Bertz CT molecular complexity index is 139. The van der Waals surface area contributed by atoms with E-state index in [0.29, 0.717) is 0 Å². The highest BCUT2D eigenvalue weighted by molar-refractivity contribution is 5.79. The summed E-state index contributed by atoms with van der Waals surface area (Å²) in [6, 6.07) is 0. The Morgan fingerprint density at radius 2 is 2.22 bits per heavy atom. The molecule has 9 heavy (non-hydrogen) atoms. The zero-order valence-corrected chi connectivity index (χ0v) is 5.47. The van der Waals surface area contributed by atoms with E-state index in [1.165, 1.54) is 11.9 Å². The predicted molar refractivity (Wildman–Crippen MR) is 30.3 cm³/mol. The third kappa shape index (κ3) is 0.896. The molecule has 52 valence electrons. The third-order valence-corrected chi connectivity index (χ3v) is 1.46. The summed E-state index contributed by atoms with van der Waals surface area (Å²) in [5.74, 6) is -0.162. The van der Waals surface area contributed by atoms with Gasteiger partial charge in [-0.1, -0.05) is 0 Å². The van der Waals surface area contributed by atoms with Crippen LogP contribution in [0.1, 0.15) is 0 Å². The first-order chi connectivity index (χ1) is 4.13. The molecule has 1 rings (SSSR count). The molecular weight excluding hydrogens is 123 g/mol. The summed E-state index contributed by atoms with van der Waals surface area (Å²) >= 11 is 0. The summed E-state index contributed by atoms with van der Waals surface area (Å²) in [7, 11) is 3.03. The number of rotatable bonds is 0. The number of halogens is 1. The molecule has 1 unspecified atom stereocenters. The van der Waals surface area contributed by atoms with Gasteiger partial charge in [0.15, 0.2) is 0 Å². The molecule has 1 fully saturated rings. The Kier molecular flexibility index (Phi) is 1.40. The van der Waals surface area contributed by atoms with Crippen LogP contribution >= 0.6 is 0 Å². The van der Waals surface area contributed by atoms with Crippen molar-refractivity contribution in [3.63, 3.8) is 0 Å². The first kappa shape index (κ1) is 6.48. The summed E-state index contributed by atoms with van der Waals surface area (Å²) in [6.07, 6.45) is -1.22. The van der Waals surface area contributed by atoms with Crippen molar-refractivity contribution in [3.05, 3.63) is 0 Å². The van der Waals surface area contributed by atoms with E-state index >= 15 is 0 Å². The lowest BCUT2D eigenvalue weighted by Crippen LogP contribution is -2.30. The lowest BCUT2D eigenvalue weighted by Gasteiger charge is -2.14. The van der Waals surface area contributed by atoms with Gasteiger partial charge in [-0.2, -0.15) is 0 Å². The Balaban J connectivity index is 2.65. The minimum absolute atomic E-state index is 0.162. The maximum absolute atomic E-state index is 12.6. The van der Waals surface area contributed by atoms with Gasteiger partial charge in [-0.25, -0.2) is 4.39 Å². The number of carbonyl (C=O) groups is 1. The van der Waals surface area contributed by atoms with E-state index in [2.05, 4.69) is 0 Å². The Morgan fingerprint density at radius 1 is 1.67 bits per heavy atom. The van der Waals surface area contributed by atoms with Crippen molar-refractivity contribution in [3.8, 4) is 0 Å². The van der Waals surface area contributed by atoms with Gasteiger partial charge in [0, 0.05) is 7.05 Å². The van der Waals surface area contributed by atoms with Gasteiger partial charge in [-0.15, -0.1) is 0 Å². The average molecular weight is 132 g/mol. The Hall–Kier alpha value is -0.640. The van der Waals surface area contributed by atoms with E-state index < -0.39 is 6.42 Å². The van der Waals surface area contributed by atoms with Crippen LogP contribution in [0.5, 0.6) is 0 Å². The summed E-state index contributed by atoms with van der Waals surface area (Å²) in [5.41, 5.74) is 0. The Labute approximate surface area is 53.0 Å². The molecule has 4 heteroatoms. The largest absolute Gasteiger partial charge is 0.302 e. The van der Waals surface area contributed by atoms with Gasteiger partial charge in [0.05, 0.1) is 6.54 Å². The maximum atomic E-state index is 12.6. The van der Waals surface area contributed by atoms with Crippen LogP contribution in [-0.4, -0.2) is 42.8 Å². The number of hydrogen-bond acceptors (Lipinski definition) is 2. The van der Waals surface area contributed by atoms with Crippen molar-refractivity contribution in [1.29, 1.82) is 0 Å². The second-order valence-corrected chi connectivity index (χ2v) is 2.23. The second kappa shape index (κ2) is 1.95.